The zero-order valence-electron chi connectivity index (χ0n) is 18.7. The lowest BCUT2D eigenvalue weighted by Crippen LogP contribution is -2.35. The molecular formula is C26H30N2O4S. The minimum Gasteiger partial charge on any atom is -0.455 e. The molecule has 1 amide bonds. The number of nitrogens with zero attached hydrogens (tertiary/aromatic N) is 2. The van der Waals surface area contributed by atoms with Crippen LogP contribution in [0.1, 0.15) is 34.7 Å². The van der Waals surface area contributed by atoms with E-state index in [0.29, 0.717) is 13.1 Å². The summed E-state index contributed by atoms with van der Waals surface area (Å²) in [6.07, 6.45) is 3.06. The van der Waals surface area contributed by atoms with Crippen LogP contribution in [0.2, 0.25) is 0 Å². The first kappa shape index (κ1) is 23.3. The Bertz CT molecular complexity index is 1140. The summed E-state index contributed by atoms with van der Waals surface area (Å²) in [5.74, 6) is 0.0364. The van der Waals surface area contributed by atoms with Gasteiger partial charge in [0, 0.05) is 19.6 Å². The maximum atomic E-state index is 13.0. The van der Waals surface area contributed by atoms with Crippen molar-refractivity contribution in [2.24, 2.45) is 0 Å². The van der Waals surface area contributed by atoms with Gasteiger partial charge in [0.05, 0.1) is 4.90 Å². The minimum atomic E-state index is -3.52. The predicted octanol–water partition coefficient (Wildman–Crippen LogP) is 4.03. The Morgan fingerprint density at radius 1 is 0.848 bits per heavy atom. The number of hydrogen-bond acceptors (Lipinski definition) is 5. The highest BCUT2D eigenvalue weighted by molar-refractivity contribution is 7.90. The Labute approximate surface area is 195 Å². The number of carbonyl (C=O) groups excluding carboxylic acids is 1. The van der Waals surface area contributed by atoms with E-state index in [0.717, 1.165) is 38.9 Å². The number of furan rings is 1. The molecule has 1 aromatic heterocycles. The quantitative estimate of drug-likeness (QED) is 0.501. The first-order valence-electron chi connectivity index (χ1n) is 11.4. The summed E-state index contributed by atoms with van der Waals surface area (Å²) >= 11 is 0. The van der Waals surface area contributed by atoms with Gasteiger partial charge in [-0.1, -0.05) is 48.5 Å². The molecule has 0 radical (unpaired) electrons. The van der Waals surface area contributed by atoms with Gasteiger partial charge in [-0.15, -0.1) is 0 Å². The van der Waals surface area contributed by atoms with E-state index >= 15 is 0 Å². The fourth-order valence-electron chi connectivity index (χ4n) is 4.17. The topological polar surface area (TPSA) is 70.8 Å². The SMILES string of the molecule is O=C(c1ccc(CS(=O)(=O)c2ccccc2)o1)N1CCCN(CCCc2ccccc2)CC1. The van der Waals surface area contributed by atoms with Crippen molar-refractivity contribution < 1.29 is 17.6 Å². The fourth-order valence-corrected chi connectivity index (χ4v) is 5.44. The van der Waals surface area contributed by atoms with E-state index in [2.05, 4.69) is 29.2 Å². The zero-order valence-corrected chi connectivity index (χ0v) is 19.5. The molecule has 0 atom stereocenters. The third kappa shape index (κ3) is 6.33. The normalized spacial score (nSPS) is 15.3. The lowest BCUT2D eigenvalue weighted by atomic mass is 10.1. The predicted molar refractivity (Wildman–Crippen MR) is 128 cm³/mol. The van der Waals surface area contributed by atoms with Crippen molar-refractivity contribution in [2.75, 3.05) is 32.7 Å². The molecule has 1 fully saturated rings. The molecule has 2 aromatic carbocycles. The molecule has 0 spiro atoms. The van der Waals surface area contributed by atoms with Crippen molar-refractivity contribution in [1.29, 1.82) is 0 Å². The van der Waals surface area contributed by atoms with Crippen molar-refractivity contribution in [3.63, 3.8) is 0 Å². The molecule has 4 rings (SSSR count). The highest BCUT2D eigenvalue weighted by atomic mass is 32.2. The molecule has 3 aromatic rings. The van der Waals surface area contributed by atoms with E-state index < -0.39 is 9.84 Å². The van der Waals surface area contributed by atoms with Crippen LogP contribution in [0.3, 0.4) is 0 Å². The lowest BCUT2D eigenvalue weighted by Gasteiger charge is -2.21. The molecule has 174 valence electrons. The number of carbonyl (C=O) groups is 1. The Kier molecular flexibility index (Phi) is 7.62. The monoisotopic (exact) mass is 466 g/mol. The van der Waals surface area contributed by atoms with Gasteiger partial charge in [-0.3, -0.25) is 4.79 Å². The second-order valence-corrected chi connectivity index (χ2v) is 10.4. The lowest BCUT2D eigenvalue weighted by molar-refractivity contribution is 0.0728. The number of benzene rings is 2. The van der Waals surface area contributed by atoms with E-state index in [1.54, 1.807) is 42.5 Å². The summed E-state index contributed by atoms with van der Waals surface area (Å²) in [6.45, 7) is 4.13. The van der Waals surface area contributed by atoms with Crippen LogP contribution in [-0.2, 0) is 22.0 Å². The van der Waals surface area contributed by atoms with Crippen LogP contribution >= 0.6 is 0 Å². The van der Waals surface area contributed by atoms with Gasteiger partial charge in [-0.05, 0) is 62.2 Å². The van der Waals surface area contributed by atoms with Gasteiger partial charge in [-0.25, -0.2) is 8.42 Å². The van der Waals surface area contributed by atoms with Gasteiger partial charge in [0.2, 0.25) is 0 Å². The smallest absolute Gasteiger partial charge is 0.289 e. The minimum absolute atomic E-state index is 0.176. The summed E-state index contributed by atoms with van der Waals surface area (Å²) in [6, 6.07) is 21.9. The maximum absolute atomic E-state index is 13.0. The third-order valence-electron chi connectivity index (χ3n) is 5.97. The van der Waals surface area contributed by atoms with Crippen molar-refractivity contribution >= 4 is 15.7 Å². The van der Waals surface area contributed by atoms with Crippen LogP contribution in [-0.4, -0.2) is 56.8 Å². The molecule has 6 nitrogen and oxygen atoms in total. The molecule has 0 saturated carbocycles. The fraction of sp³-hybridized carbons (Fsp3) is 0.346. The molecule has 0 unspecified atom stereocenters. The molecule has 1 aliphatic rings. The summed E-state index contributed by atoms with van der Waals surface area (Å²) in [7, 11) is -3.52. The molecule has 0 aliphatic carbocycles. The third-order valence-corrected chi connectivity index (χ3v) is 7.62. The maximum Gasteiger partial charge on any atom is 0.289 e. The van der Waals surface area contributed by atoms with E-state index in [1.165, 1.54) is 5.56 Å². The standard InChI is InChI=1S/C26H30N2O4S/c29-26(25-15-14-23(32-25)21-33(30,31)24-12-5-2-6-13-24)28-18-8-17-27(19-20-28)16-7-11-22-9-3-1-4-10-22/h1-6,9-10,12-15H,7-8,11,16-21H2. The molecule has 7 heteroatoms. The highest BCUT2D eigenvalue weighted by Gasteiger charge is 2.24. The van der Waals surface area contributed by atoms with E-state index in [4.69, 9.17) is 4.42 Å². The molecule has 1 saturated heterocycles. The number of aryl methyl sites for hydroxylation is 1. The second-order valence-electron chi connectivity index (χ2n) is 8.41. The van der Waals surface area contributed by atoms with Gasteiger partial charge in [0.15, 0.2) is 15.6 Å². The van der Waals surface area contributed by atoms with Crippen molar-refractivity contribution in [1.82, 2.24) is 9.80 Å². The average Bonchev–Trinajstić information content (AvgIpc) is 3.16. The van der Waals surface area contributed by atoms with Gasteiger partial charge in [-0.2, -0.15) is 0 Å². The molecule has 0 N–H and O–H groups in total. The summed E-state index contributed by atoms with van der Waals surface area (Å²) in [5, 5.41) is 0. The zero-order chi connectivity index (χ0) is 23.1. The van der Waals surface area contributed by atoms with Crippen LogP contribution in [0.15, 0.2) is 82.1 Å². The summed E-state index contributed by atoms with van der Waals surface area (Å²) in [4.78, 5) is 17.4. The number of amides is 1. The van der Waals surface area contributed by atoms with Crippen molar-refractivity contribution in [3.8, 4) is 0 Å². The van der Waals surface area contributed by atoms with Gasteiger partial charge in [0.1, 0.15) is 11.5 Å². The summed E-state index contributed by atoms with van der Waals surface area (Å²) < 4.78 is 30.8. The molecular weight excluding hydrogens is 436 g/mol. The van der Waals surface area contributed by atoms with Crippen LogP contribution in [0.25, 0.3) is 0 Å². The number of hydrogen-bond donors (Lipinski definition) is 0. The highest BCUT2D eigenvalue weighted by Crippen LogP contribution is 2.19. The largest absolute Gasteiger partial charge is 0.455 e. The first-order chi connectivity index (χ1) is 16.0. The Balaban J connectivity index is 1.29. The van der Waals surface area contributed by atoms with Gasteiger partial charge < -0.3 is 14.2 Å². The van der Waals surface area contributed by atoms with Crippen molar-refractivity contribution in [2.45, 2.75) is 29.9 Å². The van der Waals surface area contributed by atoms with Crippen LogP contribution < -0.4 is 0 Å². The van der Waals surface area contributed by atoms with Crippen LogP contribution in [0.5, 0.6) is 0 Å². The van der Waals surface area contributed by atoms with Gasteiger partial charge in [0.25, 0.3) is 5.91 Å². The van der Waals surface area contributed by atoms with E-state index in [1.807, 2.05) is 11.0 Å². The second kappa shape index (κ2) is 10.8. The van der Waals surface area contributed by atoms with Crippen LogP contribution in [0.4, 0.5) is 0 Å². The number of rotatable bonds is 8. The van der Waals surface area contributed by atoms with Crippen molar-refractivity contribution in [3.05, 3.63) is 89.9 Å². The Hall–Kier alpha value is -2.90. The van der Waals surface area contributed by atoms with E-state index in [-0.39, 0.29) is 28.1 Å². The van der Waals surface area contributed by atoms with Crippen LogP contribution in [0, 0.1) is 0 Å². The molecule has 0 bridgehead atoms. The molecule has 33 heavy (non-hydrogen) atoms. The first-order valence-corrected chi connectivity index (χ1v) is 13.1. The summed E-state index contributed by atoms with van der Waals surface area (Å²) in [5.41, 5.74) is 1.35. The van der Waals surface area contributed by atoms with Gasteiger partial charge >= 0.3 is 0 Å². The average molecular weight is 467 g/mol. The Morgan fingerprint density at radius 2 is 1.58 bits per heavy atom. The molecule has 1 aliphatic heterocycles. The number of sulfone groups is 1. The van der Waals surface area contributed by atoms with E-state index in [9.17, 15) is 13.2 Å². The molecule has 2 heterocycles. The Morgan fingerprint density at radius 3 is 2.33 bits per heavy atom.